The van der Waals surface area contributed by atoms with Gasteiger partial charge in [-0.1, -0.05) is 34.5 Å². The van der Waals surface area contributed by atoms with Gasteiger partial charge in [0.05, 0.1) is 28.4 Å². The van der Waals surface area contributed by atoms with Crippen LogP contribution in [0.5, 0.6) is 5.75 Å². The molecule has 0 unspecified atom stereocenters. The largest absolute Gasteiger partial charge is 0.494 e. The third kappa shape index (κ3) is 2.93. The van der Waals surface area contributed by atoms with Crippen LogP contribution in [0.25, 0.3) is 28.1 Å². The minimum Gasteiger partial charge on any atom is -0.494 e. The van der Waals surface area contributed by atoms with Crippen LogP contribution in [-0.4, -0.2) is 26.2 Å². The fourth-order valence-electron chi connectivity index (χ4n) is 2.91. The molecule has 0 saturated heterocycles. The van der Waals surface area contributed by atoms with Crippen LogP contribution in [0, 0.1) is 6.92 Å². The predicted octanol–water partition coefficient (Wildman–Crippen LogP) is 5.46. The first kappa shape index (κ1) is 17.2. The average molecular weight is 432 g/mol. The molecule has 2 aromatic heterocycles. The minimum atomic E-state index is 0.598. The molecular weight excluding hydrogens is 416 g/mol. The van der Waals surface area contributed by atoms with Gasteiger partial charge in [-0.2, -0.15) is 0 Å². The number of rotatable bonds is 4. The molecule has 2 heterocycles. The van der Waals surface area contributed by atoms with Crippen LogP contribution >= 0.6 is 27.5 Å². The third-order valence-electron chi connectivity index (χ3n) is 4.10. The summed E-state index contributed by atoms with van der Waals surface area (Å²) in [4.78, 5) is 4.63. The molecule has 0 spiro atoms. The van der Waals surface area contributed by atoms with Gasteiger partial charge < -0.3 is 4.74 Å². The van der Waals surface area contributed by atoms with Crippen molar-refractivity contribution in [3.8, 4) is 17.1 Å². The fraction of sp³-hybridized carbons (Fsp3) is 0.211. The Morgan fingerprint density at radius 3 is 2.81 bits per heavy atom. The SMILES string of the molecule is CCCOc1ccc(Cl)c(-c2nnc3c(C)nc4ccc(Br)cc4n23)c1. The smallest absolute Gasteiger partial charge is 0.183 e. The Balaban J connectivity index is 2.01. The molecular formula is C19H16BrClN4O. The van der Waals surface area contributed by atoms with E-state index in [9.17, 15) is 0 Å². The summed E-state index contributed by atoms with van der Waals surface area (Å²) in [5.41, 5.74) is 4.08. The van der Waals surface area contributed by atoms with Crippen molar-refractivity contribution in [1.29, 1.82) is 0 Å². The van der Waals surface area contributed by atoms with Gasteiger partial charge in [0.15, 0.2) is 11.5 Å². The molecule has 0 aliphatic rings. The van der Waals surface area contributed by atoms with Crippen LogP contribution in [0.2, 0.25) is 5.02 Å². The van der Waals surface area contributed by atoms with E-state index in [1.807, 2.05) is 47.7 Å². The zero-order valence-corrected chi connectivity index (χ0v) is 16.7. The highest BCUT2D eigenvalue weighted by molar-refractivity contribution is 9.10. The number of aromatic nitrogens is 4. The number of halogens is 2. The van der Waals surface area contributed by atoms with E-state index in [1.165, 1.54) is 0 Å². The normalized spacial score (nSPS) is 11.4. The topological polar surface area (TPSA) is 52.3 Å². The Bertz CT molecular complexity index is 1130. The highest BCUT2D eigenvalue weighted by atomic mass is 79.9. The van der Waals surface area contributed by atoms with Gasteiger partial charge in [-0.3, -0.25) is 4.40 Å². The van der Waals surface area contributed by atoms with Crippen molar-refractivity contribution < 1.29 is 4.74 Å². The van der Waals surface area contributed by atoms with Crippen molar-refractivity contribution in [1.82, 2.24) is 19.6 Å². The zero-order valence-electron chi connectivity index (χ0n) is 14.3. The number of benzene rings is 2. The molecule has 0 fully saturated rings. The van der Waals surface area contributed by atoms with E-state index < -0.39 is 0 Å². The van der Waals surface area contributed by atoms with Crippen molar-refractivity contribution in [2.45, 2.75) is 20.3 Å². The first-order valence-electron chi connectivity index (χ1n) is 8.32. The van der Waals surface area contributed by atoms with E-state index in [-0.39, 0.29) is 0 Å². The Morgan fingerprint density at radius 2 is 2.00 bits per heavy atom. The van der Waals surface area contributed by atoms with E-state index >= 15 is 0 Å². The summed E-state index contributed by atoms with van der Waals surface area (Å²) in [5, 5.41) is 9.35. The molecule has 2 aromatic carbocycles. The second-order valence-corrected chi connectivity index (χ2v) is 7.33. The van der Waals surface area contributed by atoms with Gasteiger partial charge >= 0.3 is 0 Å². The molecule has 0 atom stereocenters. The fourth-order valence-corrected chi connectivity index (χ4v) is 3.46. The summed E-state index contributed by atoms with van der Waals surface area (Å²) in [6.45, 7) is 4.65. The molecule has 0 aliphatic heterocycles. The number of nitrogens with zero attached hydrogens (tertiary/aromatic N) is 4. The highest BCUT2D eigenvalue weighted by Gasteiger charge is 2.17. The van der Waals surface area contributed by atoms with Crippen molar-refractivity contribution in [3.63, 3.8) is 0 Å². The van der Waals surface area contributed by atoms with Crippen LogP contribution in [0.3, 0.4) is 0 Å². The molecule has 4 rings (SSSR count). The first-order valence-corrected chi connectivity index (χ1v) is 9.49. The number of hydrogen-bond acceptors (Lipinski definition) is 4. The summed E-state index contributed by atoms with van der Waals surface area (Å²) in [7, 11) is 0. The van der Waals surface area contributed by atoms with E-state index in [0.29, 0.717) is 23.1 Å². The Morgan fingerprint density at radius 1 is 1.15 bits per heavy atom. The molecule has 7 heteroatoms. The Labute approximate surface area is 164 Å². The van der Waals surface area contributed by atoms with Crippen molar-refractivity contribution in [3.05, 3.63) is 51.6 Å². The molecule has 0 amide bonds. The van der Waals surface area contributed by atoms with Crippen molar-refractivity contribution >= 4 is 44.2 Å². The van der Waals surface area contributed by atoms with Gasteiger partial charge in [-0.05, 0) is 49.7 Å². The van der Waals surface area contributed by atoms with Crippen LogP contribution in [0.1, 0.15) is 19.0 Å². The summed E-state index contributed by atoms with van der Waals surface area (Å²) in [6.07, 6.45) is 0.940. The van der Waals surface area contributed by atoms with E-state index in [1.54, 1.807) is 0 Å². The second-order valence-electron chi connectivity index (χ2n) is 6.00. The maximum atomic E-state index is 6.48. The minimum absolute atomic E-state index is 0.598. The number of hydrogen-bond donors (Lipinski definition) is 0. The molecule has 0 aliphatic carbocycles. The second kappa shape index (κ2) is 6.85. The lowest BCUT2D eigenvalue weighted by Crippen LogP contribution is -1.99. The van der Waals surface area contributed by atoms with Gasteiger partial charge in [0.25, 0.3) is 0 Å². The van der Waals surface area contributed by atoms with Crippen molar-refractivity contribution in [2.24, 2.45) is 0 Å². The summed E-state index contributed by atoms with van der Waals surface area (Å²) < 4.78 is 8.71. The van der Waals surface area contributed by atoms with Crippen molar-refractivity contribution in [2.75, 3.05) is 6.61 Å². The van der Waals surface area contributed by atoms with E-state index in [0.717, 1.165) is 38.9 Å². The predicted molar refractivity (Wildman–Crippen MR) is 107 cm³/mol. The maximum absolute atomic E-state index is 6.48. The summed E-state index contributed by atoms with van der Waals surface area (Å²) >= 11 is 10.0. The van der Waals surface area contributed by atoms with Crippen LogP contribution in [0.4, 0.5) is 0 Å². The van der Waals surface area contributed by atoms with Gasteiger partial charge in [-0.25, -0.2) is 4.98 Å². The standard InChI is InChI=1S/C19H16BrClN4O/c1-3-8-26-13-5-6-15(21)14(10-13)19-24-23-18-11(2)22-16-7-4-12(20)9-17(16)25(18)19/h4-7,9-10H,3,8H2,1-2H3. The molecule has 4 aromatic rings. The lowest BCUT2D eigenvalue weighted by Gasteiger charge is -2.10. The van der Waals surface area contributed by atoms with Crippen LogP contribution in [-0.2, 0) is 0 Å². The highest BCUT2D eigenvalue weighted by Crippen LogP contribution is 2.33. The zero-order chi connectivity index (χ0) is 18.3. The molecule has 5 nitrogen and oxygen atoms in total. The molecule has 0 N–H and O–H groups in total. The van der Waals surface area contributed by atoms with Gasteiger partial charge in [0.1, 0.15) is 5.75 Å². The summed E-state index contributed by atoms with van der Waals surface area (Å²) in [6, 6.07) is 11.6. The average Bonchev–Trinajstić information content (AvgIpc) is 3.07. The number of fused-ring (bicyclic) bond motifs is 3. The first-order chi connectivity index (χ1) is 12.6. The lowest BCUT2D eigenvalue weighted by atomic mass is 10.2. The molecule has 132 valence electrons. The molecule has 26 heavy (non-hydrogen) atoms. The van der Waals surface area contributed by atoms with Gasteiger partial charge in [-0.15, -0.1) is 10.2 Å². The van der Waals surface area contributed by atoms with Gasteiger partial charge in [0.2, 0.25) is 0 Å². The third-order valence-corrected chi connectivity index (χ3v) is 4.93. The van der Waals surface area contributed by atoms with E-state index in [2.05, 4.69) is 38.0 Å². The number of aryl methyl sites for hydroxylation is 1. The van der Waals surface area contributed by atoms with Gasteiger partial charge in [0, 0.05) is 10.0 Å². The van der Waals surface area contributed by atoms with Crippen LogP contribution in [0.15, 0.2) is 40.9 Å². The van der Waals surface area contributed by atoms with Crippen LogP contribution < -0.4 is 4.74 Å². The number of ether oxygens (including phenoxy) is 1. The quantitative estimate of drug-likeness (QED) is 0.431. The van der Waals surface area contributed by atoms with E-state index in [4.69, 9.17) is 16.3 Å². The Hall–Kier alpha value is -2.18. The molecule has 0 radical (unpaired) electrons. The monoisotopic (exact) mass is 430 g/mol. The lowest BCUT2D eigenvalue weighted by molar-refractivity contribution is 0.317. The summed E-state index contributed by atoms with van der Waals surface area (Å²) in [5.74, 6) is 1.43. The maximum Gasteiger partial charge on any atom is 0.183 e. The Kier molecular flexibility index (Phi) is 4.54. The molecule has 0 bridgehead atoms. The molecule has 0 saturated carbocycles.